The number of benzene rings is 2. The van der Waals surface area contributed by atoms with Crippen molar-refractivity contribution in [3.63, 3.8) is 0 Å². The first kappa shape index (κ1) is 19.1. The second-order valence-corrected chi connectivity index (χ2v) is 6.10. The molecule has 0 aromatic heterocycles. The SMILES string of the molecule is C[C@@H](OC(=O)COc1ccc(C=O)cc1)C(=O)N1CC(=O)Nc2ccccc21. The number of nitrogens with one attached hydrogen (secondary N) is 1. The highest BCUT2D eigenvalue weighted by Gasteiger charge is 2.31. The second kappa shape index (κ2) is 8.34. The van der Waals surface area contributed by atoms with Crippen molar-refractivity contribution in [3.05, 3.63) is 54.1 Å². The molecular formula is C20H18N2O6. The van der Waals surface area contributed by atoms with E-state index in [0.717, 1.165) is 0 Å². The molecule has 0 unspecified atom stereocenters. The van der Waals surface area contributed by atoms with Crippen LogP contribution in [0, 0.1) is 0 Å². The summed E-state index contributed by atoms with van der Waals surface area (Å²) in [6.45, 7) is 0.890. The van der Waals surface area contributed by atoms with Gasteiger partial charge in [0.1, 0.15) is 18.6 Å². The first-order chi connectivity index (χ1) is 13.5. The molecule has 144 valence electrons. The van der Waals surface area contributed by atoms with Gasteiger partial charge in [0.2, 0.25) is 5.91 Å². The van der Waals surface area contributed by atoms with Gasteiger partial charge >= 0.3 is 5.97 Å². The number of rotatable bonds is 6. The Kier molecular flexibility index (Phi) is 5.69. The minimum atomic E-state index is -1.09. The smallest absolute Gasteiger partial charge is 0.344 e. The third-order valence-corrected chi connectivity index (χ3v) is 4.07. The zero-order valence-corrected chi connectivity index (χ0v) is 15.1. The monoisotopic (exact) mass is 382 g/mol. The van der Waals surface area contributed by atoms with Crippen molar-refractivity contribution in [2.75, 3.05) is 23.4 Å². The highest BCUT2D eigenvalue weighted by molar-refractivity contribution is 6.11. The second-order valence-electron chi connectivity index (χ2n) is 6.10. The van der Waals surface area contributed by atoms with E-state index in [1.54, 1.807) is 48.5 Å². The van der Waals surface area contributed by atoms with E-state index in [-0.39, 0.29) is 12.5 Å². The van der Waals surface area contributed by atoms with E-state index in [1.165, 1.54) is 11.8 Å². The molecule has 2 amide bonds. The maximum Gasteiger partial charge on any atom is 0.344 e. The summed E-state index contributed by atoms with van der Waals surface area (Å²) in [6, 6.07) is 13.1. The molecule has 0 aliphatic carbocycles. The minimum Gasteiger partial charge on any atom is -0.482 e. The predicted octanol–water partition coefficient (Wildman–Crippen LogP) is 1.79. The number of aldehydes is 1. The van der Waals surface area contributed by atoms with E-state index in [4.69, 9.17) is 9.47 Å². The molecule has 1 N–H and O–H groups in total. The molecule has 1 aliphatic rings. The van der Waals surface area contributed by atoms with Crippen LogP contribution >= 0.6 is 0 Å². The van der Waals surface area contributed by atoms with Crippen molar-refractivity contribution in [3.8, 4) is 5.75 Å². The maximum atomic E-state index is 12.7. The van der Waals surface area contributed by atoms with Crippen molar-refractivity contribution >= 4 is 35.4 Å². The average molecular weight is 382 g/mol. The van der Waals surface area contributed by atoms with E-state index >= 15 is 0 Å². The topological polar surface area (TPSA) is 102 Å². The number of anilines is 2. The molecule has 1 aliphatic heterocycles. The summed E-state index contributed by atoms with van der Waals surface area (Å²) in [7, 11) is 0. The summed E-state index contributed by atoms with van der Waals surface area (Å²) in [5, 5.41) is 2.69. The zero-order valence-electron chi connectivity index (χ0n) is 15.1. The summed E-state index contributed by atoms with van der Waals surface area (Å²) in [6.07, 6.45) is -0.392. The van der Waals surface area contributed by atoms with Crippen LogP contribution in [0.1, 0.15) is 17.3 Å². The van der Waals surface area contributed by atoms with E-state index in [1.807, 2.05) is 0 Å². The molecule has 8 heteroatoms. The van der Waals surface area contributed by atoms with Crippen LogP contribution in [0.15, 0.2) is 48.5 Å². The van der Waals surface area contributed by atoms with E-state index < -0.39 is 24.6 Å². The first-order valence-corrected chi connectivity index (χ1v) is 8.55. The van der Waals surface area contributed by atoms with Gasteiger partial charge in [-0.05, 0) is 43.3 Å². The number of fused-ring (bicyclic) bond motifs is 1. The molecule has 0 saturated carbocycles. The fraction of sp³-hybridized carbons (Fsp3) is 0.200. The summed E-state index contributed by atoms with van der Waals surface area (Å²) >= 11 is 0. The average Bonchev–Trinajstić information content (AvgIpc) is 2.71. The number of carbonyl (C=O) groups is 4. The Hall–Kier alpha value is -3.68. The van der Waals surface area contributed by atoms with Crippen LogP contribution in [0.5, 0.6) is 5.75 Å². The fourth-order valence-electron chi connectivity index (χ4n) is 2.72. The molecule has 8 nitrogen and oxygen atoms in total. The Balaban J connectivity index is 1.58. The van der Waals surface area contributed by atoms with Gasteiger partial charge in [-0.2, -0.15) is 0 Å². The maximum absolute atomic E-state index is 12.7. The number of nitrogens with zero attached hydrogens (tertiary/aromatic N) is 1. The van der Waals surface area contributed by atoms with Crippen molar-refractivity contribution in [2.45, 2.75) is 13.0 Å². The molecule has 0 bridgehead atoms. The Labute approximate surface area is 161 Å². The van der Waals surface area contributed by atoms with Gasteiger partial charge in [0, 0.05) is 5.56 Å². The van der Waals surface area contributed by atoms with Gasteiger partial charge in [-0.25, -0.2) is 4.79 Å². The number of hydrogen-bond donors (Lipinski definition) is 1. The molecule has 1 atom stereocenters. The highest BCUT2D eigenvalue weighted by Crippen LogP contribution is 2.29. The van der Waals surface area contributed by atoms with E-state index in [9.17, 15) is 19.2 Å². The van der Waals surface area contributed by atoms with Gasteiger partial charge in [-0.15, -0.1) is 0 Å². The van der Waals surface area contributed by atoms with Gasteiger partial charge in [0.15, 0.2) is 12.7 Å². The molecule has 0 fully saturated rings. The van der Waals surface area contributed by atoms with Crippen LogP contribution in [0.4, 0.5) is 11.4 Å². The first-order valence-electron chi connectivity index (χ1n) is 8.55. The largest absolute Gasteiger partial charge is 0.482 e. The van der Waals surface area contributed by atoms with Crippen LogP contribution in [-0.2, 0) is 19.1 Å². The highest BCUT2D eigenvalue weighted by atomic mass is 16.6. The van der Waals surface area contributed by atoms with Crippen molar-refractivity contribution in [1.82, 2.24) is 0 Å². The number of ether oxygens (including phenoxy) is 2. The third kappa shape index (κ3) is 4.35. The lowest BCUT2D eigenvalue weighted by molar-refractivity contribution is -0.155. The van der Waals surface area contributed by atoms with E-state index in [2.05, 4.69) is 5.32 Å². The summed E-state index contributed by atoms with van der Waals surface area (Å²) in [5.74, 6) is -1.17. The van der Waals surface area contributed by atoms with Crippen LogP contribution < -0.4 is 15.0 Å². The molecule has 0 radical (unpaired) electrons. The van der Waals surface area contributed by atoms with Crippen LogP contribution in [-0.4, -0.2) is 43.3 Å². The number of para-hydroxylation sites is 2. The fourth-order valence-corrected chi connectivity index (χ4v) is 2.72. The number of carbonyl (C=O) groups excluding carboxylic acids is 4. The molecular weight excluding hydrogens is 364 g/mol. The van der Waals surface area contributed by atoms with E-state index in [0.29, 0.717) is 29.0 Å². The van der Waals surface area contributed by atoms with Gasteiger partial charge in [0.05, 0.1) is 11.4 Å². The molecule has 0 spiro atoms. The van der Waals surface area contributed by atoms with Crippen LogP contribution in [0.3, 0.4) is 0 Å². The number of esters is 1. The van der Waals surface area contributed by atoms with Crippen molar-refractivity contribution < 1.29 is 28.7 Å². The molecule has 28 heavy (non-hydrogen) atoms. The van der Waals surface area contributed by atoms with Crippen LogP contribution in [0.2, 0.25) is 0 Å². The number of amides is 2. The van der Waals surface area contributed by atoms with Gasteiger partial charge in [-0.3, -0.25) is 19.3 Å². The van der Waals surface area contributed by atoms with Crippen molar-refractivity contribution in [2.24, 2.45) is 0 Å². The minimum absolute atomic E-state index is 0.155. The Morgan fingerprint density at radius 3 is 2.61 bits per heavy atom. The lowest BCUT2D eigenvalue weighted by Crippen LogP contribution is -2.47. The summed E-state index contributed by atoms with van der Waals surface area (Å²) < 4.78 is 10.4. The molecule has 1 heterocycles. The molecule has 2 aromatic carbocycles. The lowest BCUT2D eigenvalue weighted by atomic mass is 10.1. The van der Waals surface area contributed by atoms with Gasteiger partial charge < -0.3 is 14.8 Å². The summed E-state index contributed by atoms with van der Waals surface area (Å²) in [5.41, 5.74) is 1.55. The standard InChI is InChI=1S/C20H18N2O6/c1-13(28-19(25)12-27-15-8-6-14(11-23)7-9-15)20(26)22-10-18(24)21-16-4-2-3-5-17(16)22/h2-9,11,13H,10,12H2,1H3,(H,21,24)/t13-/m1/s1. The predicted molar refractivity (Wildman–Crippen MR) is 100 cm³/mol. The van der Waals surface area contributed by atoms with Gasteiger partial charge in [-0.1, -0.05) is 12.1 Å². The Morgan fingerprint density at radius 1 is 1.18 bits per heavy atom. The lowest BCUT2D eigenvalue weighted by Gasteiger charge is -2.30. The van der Waals surface area contributed by atoms with Crippen LogP contribution in [0.25, 0.3) is 0 Å². The third-order valence-electron chi connectivity index (χ3n) is 4.07. The van der Waals surface area contributed by atoms with Gasteiger partial charge in [0.25, 0.3) is 5.91 Å². The Morgan fingerprint density at radius 2 is 1.89 bits per heavy atom. The molecule has 2 aromatic rings. The number of hydrogen-bond acceptors (Lipinski definition) is 6. The summed E-state index contributed by atoms with van der Waals surface area (Å²) in [4.78, 5) is 48.4. The normalized spacial score (nSPS) is 13.8. The quantitative estimate of drug-likeness (QED) is 0.604. The molecule has 3 rings (SSSR count). The van der Waals surface area contributed by atoms with Crippen molar-refractivity contribution in [1.29, 1.82) is 0 Å². The zero-order chi connectivity index (χ0) is 20.1. The Bertz CT molecular complexity index is 909. The molecule has 0 saturated heterocycles.